The van der Waals surface area contributed by atoms with Crippen molar-refractivity contribution in [1.82, 2.24) is 15.0 Å². The van der Waals surface area contributed by atoms with Crippen molar-refractivity contribution in [3.63, 3.8) is 0 Å². The fourth-order valence-corrected chi connectivity index (χ4v) is 3.20. The predicted molar refractivity (Wildman–Crippen MR) is 79.8 cm³/mol. The van der Waals surface area contributed by atoms with Gasteiger partial charge in [0.05, 0.1) is 0 Å². The van der Waals surface area contributed by atoms with E-state index in [9.17, 15) is 0 Å². The normalized spacial score (nSPS) is 11.1. The fourth-order valence-electron chi connectivity index (χ4n) is 1.96. The first-order chi connectivity index (χ1) is 9.19. The van der Waals surface area contributed by atoms with Crippen LogP contribution in [0.3, 0.4) is 0 Å². The Labute approximate surface area is 120 Å². The lowest BCUT2D eigenvalue weighted by molar-refractivity contribution is 1.19. The number of hydrogen-bond donors (Lipinski definition) is 0. The molecule has 5 heteroatoms. The van der Waals surface area contributed by atoms with Gasteiger partial charge in [-0.15, -0.1) is 11.3 Å². The monoisotopic (exact) mass is 289 g/mol. The van der Waals surface area contributed by atoms with Crippen LogP contribution in [0.25, 0.3) is 21.6 Å². The molecule has 0 N–H and O–H groups in total. The first kappa shape index (κ1) is 12.5. The summed E-state index contributed by atoms with van der Waals surface area (Å²) in [4.78, 5) is 15.4. The van der Waals surface area contributed by atoms with Crippen LogP contribution in [0.1, 0.15) is 17.4 Å². The number of rotatable bonds is 2. The van der Waals surface area contributed by atoms with Gasteiger partial charge in [0.25, 0.3) is 0 Å². The Balaban J connectivity index is 2.23. The van der Waals surface area contributed by atoms with Gasteiger partial charge in [-0.2, -0.15) is 0 Å². The summed E-state index contributed by atoms with van der Waals surface area (Å²) in [6, 6.07) is 3.99. The highest BCUT2D eigenvalue weighted by atomic mass is 35.5. The molecule has 3 rings (SSSR count). The molecule has 3 aromatic heterocycles. The number of thiophene rings is 1. The molecule has 0 saturated carbocycles. The van der Waals surface area contributed by atoms with Gasteiger partial charge >= 0.3 is 0 Å². The summed E-state index contributed by atoms with van der Waals surface area (Å²) in [5.74, 6) is 0.668. The molecule has 0 unspecified atom stereocenters. The van der Waals surface area contributed by atoms with E-state index in [1.807, 2.05) is 19.2 Å². The summed E-state index contributed by atoms with van der Waals surface area (Å²) >= 11 is 7.95. The molecule has 0 fully saturated rings. The molecule has 0 aliphatic heterocycles. The molecule has 0 radical (unpaired) electrons. The second-order valence-corrected chi connectivity index (χ2v) is 5.79. The largest absolute Gasteiger partial charge is 0.264 e. The Morgan fingerprint density at radius 2 is 2.16 bits per heavy atom. The molecule has 96 valence electrons. The molecular formula is C14H12ClN3S. The van der Waals surface area contributed by atoms with Crippen molar-refractivity contribution < 1.29 is 0 Å². The number of halogens is 1. The Kier molecular flexibility index (Phi) is 3.21. The molecule has 0 aliphatic rings. The van der Waals surface area contributed by atoms with E-state index in [2.05, 4.69) is 27.9 Å². The van der Waals surface area contributed by atoms with Crippen LogP contribution >= 0.6 is 22.9 Å². The van der Waals surface area contributed by atoms with Gasteiger partial charge in [0, 0.05) is 28.2 Å². The molecule has 0 saturated heterocycles. The lowest BCUT2D eigenvalue weighted by Gasteiger charge is -2.04. The number of fused-ring (bicyclic) bond motifs is 1. The summed E-state index contributed by atoms with van der Waals surface area (Å²) in [6.07, 6.45) is 4.54. The topological polar surface area (TPSA) is 38.7 Å². The highest BCUT2D eigenvalue weighted by Crippen LogP contribution is 2.31. The first-order valence-corrected chi connectivity index (χ1v) is 7.25. The number of nitrogens with zero attached hydrogens (tertiary/aromatic N) is 3. The maximum absolute atomic E-state index is 6.27. The van der Waals surface area contributed by atoms with E-state index in [4.69, 9.17) is 11.6 Å². The van der Waals surface area contributed by atoms with E-state index >= 15 is 0 Å². The molecule has 0 aromatic carbocycles. The lowest BCUT2D eigenvalue weighted by atomic mass is 10.1. The second kappa shape index (κ2) is 4.87. The third kappa shape index (κ3) is 2.22. The molecular weight excluding hydrogens is 278 g/mol. The van der Waals surface area contributed by atoms with Crippen molar-refractivity contribution >= 4 is 33.2 Å². The minimum Gasteiger partial charge on any atom is -0.264 e. The van der Waals surface area contributed by atoms with Crippen molar-refractivity contribution in [3.8, 4) is 11.4 Å². The Bertz CT molecular complexity index is 752. The van der Waals surface area contributed by atoms with Gasteiger partial charge in [-0.05, 0) is 31.0 Å². The molecule has 0 bridgehead atoms. The van der Waals surface area contributed by atoms with Crippen LogP contribution in [0.5, 0.6) is 0 Å². The van der Waals surface area contributed by atoms with Gasteiger partial charge in [-0.25, -0.2) is 9.97 Å². The summed E-state index contributed by atoms with van der Waals surface area (Å²) in [5.41, 5.74) is 2.02. The summed E-state index contributed by atoms with van der Waals surface area (Å²) in [6.45, 7) is 4.12. The maximum Gasteiger partial charge on any atom is 0.162 e. The molecule has 19 heavy (non-hydrogen) atoms. The van der Waals surface area contributed by atoms with Crippen molar-refractivity contribution in [1.29, 1.82) is 0 Å². The summed E-state index contributed by atoms with van der Waals surface area (Å²) in [7, 11) is 0. The zero-order valence-electron chi connectivity index (χ0n) is 10.6. The van der Waals surface area contributed by atoms with Crippen LogP contribution < -0.4 is 0 Å². The van der Waals surface area contributed by atoms with Gasteiger partial charge in [0.2, 0.25) is 0 Å². The minimum atomic E-state index is 0.521. The number of aryl methyl sites for hydroxylation is 2. The average molecular weight is 290 g/mol. The number of hydrogen-bond acceptors (Lipinski definition) is 4. The van der Waals surface area contributed by atoms with Gasteiger partial charge in [0.1, 0.15) is 9.98 Å². The average Bonchev–Trinajstić information content (AvgIpc) is 2.83. The van der Waals surface area contributed by atoms with Gasteiger partial charge in [0.15, 0.2) is 5.82 Å². The van der Waals surface area contributed by atoms with Crippen molar-refractivity contribution in [3.05, 3.63) is 40.1 Å². The van der Waals surface area contributed by atoms with Crippen LogP contribution in [-0.4, -0.2) is 15.0 Å². The van der Waals surface area contributed by atoms with Gasteiger partial charge in [-0.3, -0.25) is 4.98 Å². The minimum absolute atomic E-state index is 0.521. The van der Waals surface area contributed by atoms with Gasteiger partial charge in [-0.1, -0.05) is 18.5 Å². The molecule has 3 aromatic rings. The van der Waals surface area contributed by atoms with Crippen LogP contribution in [0, 0.1) is 6.92 Å². The molecule has 0 atom stereocenters. The quantitative estimate of drug-likeness (QED) is 0.661. The van der Waals surface area contributed by atoms with Crippen molar-refractivity contribution in [2.75, 3.05) is 0 Å². The van der Waals surface area contributed by atoms with Crippen LogP contribution in [-0.2, 0) is 6.42 Å². The molecule has 0 amide bonds. The third-order valence-electron chi connectivity index (χ3n) is 3.01. The van der Waals surface area contributed by atoms with E-state index in [1.165, 1.54) is 4.88 Å². The predicted octanol–water partition coefficient (Wildman–Crippen LogP) is 4.28. The lowest BCUT2D eigenvalue weighted by Crippen LogP contribution is -1.92. The van der Waals surface area contributed by atoms with E-state index < -0.39 is 0 Å². The van der Waals surface area contributed by atoms with Crippen LogP contribution in [0.2, 0.25) is 5.15 Å². The SMILES string of the molecule is CCc1cc2c(Cl)nc(-c3ccncc3C)nc2s1. The molecule has 0 aliphatic carbocycles. The summed E-state index contributed by atoms with van der Waals surface area (Å²) < 4.78 is 0. The standard InChI is InChI=1S/C14H12ClN3S/c1-3-9-6-11-12(15)17-13(18-14(11)19-9)10-4-5-16-7-8(10)2/h4-7H,3H2,1-2H3. The van der Waals surface area contributed by atoms with E-state index in [-0.39, 0.29) is 0 Å². The van der Waals surface area contributed by atoms with Crippen molar-refractivity contribution in [2.45, 2.75) is 20.3 Å². The first-order valence-electron chi connectivity index (χ1n) is 6.06. The van der Waals surface area contributed by atoms with E-state index in [1.54, 1.807) is 17.5 Å². The van der Waals surface area contributed by atoms with E-state index in [0.717, 1.165) is 27.8 Å². The smallest absolute Gasteiger partial charge is 0.162 e. The summed E-state index contributed by atoms with van der Waals surface area (Å²) in [5, 5.41) is 1.46. The molecule has 0 spiro atoms. The van der Waals surface area contributed by atoms with E-state index in [0.29, 0.717) is 11.0 Å². The fraction of sp³-hybridized carbons (Fsp3) is 0.214. The second-order valence-electron chi connectivity index (χ2n) is 4.31. The molecule has 3 heterocycles. The van der Waals surface area contributed by atoms with Crippen LogP contribution in [0.15, 0.2) is 24.5 Å². The highest BCUT2D eigenvalue weighted by Gasteiger charge is 2.12. The number of aromatic nitrogens is 3. The zero-order valence-corrected chi connectivity index (χ0v) is 12.2. The Hall–Kier alpha value is -1.52. The Morgan fingerprint density at radius 3 is 2.89 bits per heavy atom. The highest BCUT2D eigenvalue weighted by molar-refractivity contribution is 7.18. The number of pyridine rings is 1. The zero-order chi connectivity index (χ0) is 13.4. The van der Waals surface area contributed by atoms with Crippen LogP contribution in [0.4, 0.5) is 0 Å². The third-order valence-corrected chi connectivity index (χ3v) is 4.47. The molecule has 3 nitrogen and oxygen atoms in total. The van der Waals surface area contributed by atoms with Gasteiger partial charge < -0.3 is 0 Å². The maximum atomic E-state index is 6.27. The Morgan fingerprint density at radius 1 is 1.32 bits per heavy atom. The van der Waals surface area contributed by atoms with Crippen molar-refractivity contribution in [2.24, 2.45) is 0 Å².